The van der Waals surface area contributed by atoms with Gasteiger partial charge in [0.05, 0.1) is 26.0 Å². The molecule has 0 aromatic heterocycles. The number of anilines is 3. The Balaban J connectivity index is 0.902. The van der Waals surface area contributed by atoms with Crippen LogP contribution in [-0.2, 0) is 63.7 Å². The number of fused-ring (bicyclic) bond motifs is 6. The second-order valence-electron chi connectivity index (χ2n) is 22.9. The molecule has 0 aliphatic carbocycles. The standard InChI is InChI=1S/C66H69Cl2N5O19/c1-88-64(86)62-59(83)57(81)56(80)47(90-62)28-36-27-44-54(41-12-7-5-10-39(36)41)37(30-67)32-72(44)53(79)20-18-35-17-15-34(26-43(35)70-49(75)23-24-69-48(74)14-4-3-9-25-71-50(76)21-22-51(71)77)16-19-52(78)73-33-38(31-68)55-42-13-8-6-11-40(42)46(29-45(55)73)91-66-61(85)58(82)60(84)63(92-66)65(87)89-2/h5-8,10-13,15-22,26-27,29,37-38,47,56-63,66,80-85H,3-4,9,14,23-25,28,30-33H2,1-2H3,(H,69,74)(H,70,75)/b19-16+,20-18+/t37-,38-,47+,56+,57+,58+,59+,60+,61-,62+,63+,66-/m1/s1. The number of hydrogen-bond donors (Lipinski definition) is 8. The van der Waals surface area contributed by atoms with E-state index in [1.807, 2.05) is 30.3 Å². The van der Waals surface area contributed by atoms with E-state index < -0.39 is 90.9 Å². The molecule has 486 valence electrons. The van der Waals surface area contributed by atoms with Crippen LogP contribution < -0.4 is 25.2 Å². The smallest absolute Gasteiger partial charge is 0.337 e. The predicted octanol–water partition coefficient (Wildman–Crippen LogP) is 3.61. The number of nitrogens with one attached hydrogen (secondary N) is 2. The summed E-state index contributed by atoms with van der Waals surface area (Å²) < 4.78 is 27.3. The molecule has 5 aromatic carbocycles. The highest BCUT2D eigenvalue weighted by Gasteiger charge is 2.50. The van der Waals surface area contributed by atoms with Gasteiger partial charge in [-0.15, -0.1) is 23.2 Å². The highest BCUT2D eigenvalue weighted by Crippen LogP contribution is 2.47. The van der Waals surface area contributed by atoms with Crippen molar-refractivity contribution in [1.82, 2.24) is 10.2 Å². The predicted molar refractivity (Wildman–Crippen MR) is 336 cm³/mol. The van der Waals surface area contributed by atoms with E-state index in [-0.39, 0.29) is 98.2 Å². The van der Waals surface area contributed by atoms with Gasteiger partial charge in [-0.3, -0.25) is 33.7 Å². The van der Waals surface area contributed by atoms with Crippen LogP contribution in [-0.4, -0.2) is 196 Å². The van der Waals surface area contributed by atoms with Gasteiger partial charge in [-0.25, -0.2) is 9.59 Å². The Morgan fingerprint density at radius 1 is 0.620 bits per heavy atom. The number of methoxy groups -OCH3 is 2. The van der Waals surface area contributed by atoms with Gasteiger partial charge in [-0.1, -0.05) is 67.1 Å². The number of aliphatic hydroxyl groups excluding tert-OH is 6. The lowest BCUT2D eigenvalue weighted by Gasteiger charge is -2.39. The van der Waals surface area contributed by atoms with E-state index in [0.29, 0.717) is 58.1 Å². The van der Waals surface area contributed by atoms with Crippen LogP contribution in [0.4, 0.5) is 17.1 Å². The van der Waals surface area contributed by atoms with Gasteiger partial charge in [0, 0.05) is 116 Å². The first-order valence-corrected chi connectivity index (χ1v) is 31.0. The minimum absolute atomic E-state index is 0.0339. The zero-order valence-electron chi connectivity index (χ0n) is 50.0. The second-order valence-corrected chi connectivity index (χ2v) is 23.6. The first kappa shape index (κ1) is 66.8. The number of carbonyl (C=O) groups excluding carboxylic acids is 8. The fourth-order valence-corrected chi connectivity index (χ4v) is 12.8. The van der Waals surface area contributed by atoms with Gasteiger partial charge in [0.15, 0.2) is 12.2 Å². The normalized spacial score (nSPS) is 25.2. The molecule has 10 rings (SSSR count). The summed E-state index contributed by atoms with van der Waals surface area (Å²) >= 11 is 13.2. The highest BCUT2D eigenvalue weighted by atomic mass is 35.5. The van der Waals surface area contributed by atoms with Crippen molar-refractivity contribution in [3.63, 3.8) is 0 Å². The Morgan fingerprint density at radius 3 is 1.80 bits per heavy atom. The average Bonchev–Trinajstić information content (AvgIpc) is 1.54. The number of nitrogens with zero attached hydrogens (tertiary/aromatic N) is 3. The highest BCUT2D eigenvalue weighted by molar-refractivity contribution is 6.20. The van der Waals surface area contributed by atoms with Crippen LogP contribution >= 0.6 is 23.2 Å². The molecule has 2 fully saturated rings. The zero-order valence-corrected chi connectivity index (χ0v) is 51.5. The van der Waals surface area contributed by atoms with E-state index >= 15 is 0 Å². The number of carbonyl (C=O) groups is 8. The molecule has 24 nitrogen and oxygen atoms in total. The Kier molecular flexibility index (Phi) is 21.2. The third kappa shape index (κ3) is 14.0. The number of ether oxygens (including phenoxy) is 5. The lowest BCUT2D eigenvalue weighted by atomic mass is 9.87. The molecule has 5 heterocycles. The number of alkyl halides is 2. The Morgan fingerprint density at radius 2 is 1.18 bits per heavy atom. The number of benzene rings is 5. The Bertz CT molecular complexity index is 3770. The van der Waals surface area contributed by atoms with Gasteiger partial charge in [-0.2, -0.15) is 0 Å². The molecule has 26 heteroatoms. The van der Waals surface area contributed by atoms with Crippen molar-refractivity contribution in [3.8, 4) is 5.75 Å². The lowest BCUT2D eigenvalue weighted by Crippen LogP contribution is -2.61. The number of imide groups is 1. The van der Waals surface area contributed by atoms with Crippen LogP contribution in [0.1, 0.15) is 71.8 Å². The van der Waals surface area contributed by atoms with E-state index in [1.165, 1.54) is 41.4 Å². The van der Waals surface area contributed by atoms with Crippen LogP contribution in [0.2, 0.25) is 0 Å². The molecule has 12 atom stereocenters. The molecule has 5 aliphatic rings. The van der Waals surface area contributed by atoms with Crippen LogP contribution in [0.15, 0.2) is 103 Å². The molecule has 0 radical (unpaired) electrons. The van der Waals surface area contributed by atoms with Gasteiger partial charge >= 0.3 is 11.9 Å². The molecule has 2 saturated heterocycles. The molecule has 5 aliphatic heterocycles. The van der Waals surface area contributed by atoms with Crippen molar-refractivity contribution in [2.24, 2.45) is 0 Å². The van der Waals surface area contributed by atoms with Crippen molar-refractivity contribution in [1.29, 1.82) is 0 Å². The Labute approximate surface area is 537 Å². The number of esters is 2. The lowest BCUT2D eigenvalue weighted by molar-refractivity contribution is -0.271. The van der Waals surface area contributed by atoms with E-state index in [9.17, 15) is 69.0 Å². The van der Waals surface area contributed by atoms with Crippen LogP contribution in [0, 0.1) is 0 Å². The third-order valence-electron chi connectivity index (χ3n) is 17.1. The number of amides is 6. The quantitative estimate of drug-likeness (QED) is 0.0161. The van der Waals surface area contributed by atoms with E-state index in [2.05, 4.69) is 10.6 Å². The molecule has 0 saturated carbocycles. The first-order chi connectivity index (χ1) is 44.2. The first-order valence-electron chi connectivity index (χ1n) is 29.9. The number of rotatable bonds is 22. The van der Waals surface area contributed by atoms with Crippen molar-refractivity contribution in [2.45, 2.75) is 112 Å². The number of hydrogen-bond acceptors (Lipinski definition) is 19. The number of halogens is 2. The molecule has 6 amide bonds. The van der Waals surface area contributed by atoms with Gasteiger partial charge in [-0.05, 0) is 81.1 Å². The number of unbranched alkanes of at least 4 members (excludes halogenated alkanes) is 2. The van der Waals surface area contributed by atoms with Crippen molar-refractivity contribution in [2.75, 3.05) is 67.3 Å². The average molecular weight is 1310 g/mol. The fourth-order valence-electron chi connectivity index (χ4n) is 12.3. The molecular formula is C66H69Cl2N5O19. The summed E-state index contributed by atoms with van der Waals surface area (Å²) in [5.41, 5.74) is 4.04. The van der Waals surface area contributed by atoms with Crippen molar-refractivity contribution in [3.05, 3.63) is 131 Å². The molecule has 0 bridgehead atoms. The minimum atomic E-state index is -1.86. The maximum Gasteiger partial charge on any atom is 0.337 e. The van der Waals surface area contributed by atoms with E-state index in [4.69, 9.17) is 46.9 Å². The van der Waals surface area contributed by atoms with Gasteiger partial charge in [0.1, 0.15) is 42.4 Å². The number of aliphatic hydroxyl groups is 6. The van der Waals surface area contributed by atoms with Crippen LogP contribution in [0.5, 0.6) is 5.75 Å². The van der Waals surface area contributed by atoms with Crippen molar-refractivity contribution < 1.29 is 92.7 Å². The maximum absolute atomic E-state index is 14.6. The third-order valence-corrected chi connectivity index (χ3v) is 17.9. The molecular weight excluding hydrogens is 1240 g/mol. The van der Waals surface area contributed by atoms with Gasteiger partial charge < -0.3 is 74.8 Å². The van der Waals surface area contributed by atoms with Crippen LogP contribution in [0.3, 0.4) is 0 Å². The SMILES string of the molecule is COC(=O)[C@H]1O[C@@H](Oc2cc3c(c4ccccc24)[C@H](CCl)CN3C(=O)/C=C/c2ccc(/C=C/C(=O)N3C[C@@H](CCl)c4c3cc(C[C@@H]3O[C@H](C(=O)OC)[C@@H](O)[C@@H](O)[C@H]3O)c3ccccc43)c(NC(=O)CCNC(=O)CCCCCN3C(=O)C=CC3=O)c2)[C@H](O)[C@@H](O)[C@@H]1O. The van der Waals surface area contributed by atoms with Gasteiger partial charge in [0.25, 0.3) is 23.6 Å². The minimum Gasteiger partial charge on any atom is -0.467 e. The largest absolute Gasteiger partial charge is 0.467 e. The summed E-state index contributed by atoms with van der Waals surface area (Å²) in [6.45, 7) is 0.509. The molecule has 0 unspecified atom stereocenters. The summed E-state index contributed by atoms with van der Waals surface area (Å²) in [6.07, 6.45) is -7.19. The Hall–Kier alpha value is -8.14. The molecule has 0 spiro atoms. The summed E-state index contributed by atoms with van der Waals surface area (Å²) in [6, 6.07) is 22.7. The van der Waals surface area contributed by atoms with E-state index in [1.54, 1.807) is 53.4 Å². The summed E-state index contributed by atoms with van der Waals surface area (Å²) in [5, 5.41) is 73.1. The van der Waals surface area contributed by atoms with Crippen LogP contribution in [0.25, 0.3) is 33.7 Å². The summed E-state index contributed by atoms with van der Waals surface area (Å²) in [7, 11) is 2.17. The molecule has 5 aromatic rings. The monoisotopic (exact) mass is 1310 g/mol. The molecule has 8 N–H and O–H groups in total. The molecule has 92 heavy (non-hydrogen) atoms. The topological polar surface area (TPSA) is 338 Å². The summed E-state index contributed by atoms with van der Waals surface area (Å²) in [4.78, 5) is 109. The fraction of sp³-hybridized carbons (Fsp3) is 0.394. The zero-order chi connectivity index (χ0) is 65.7. The van der Waals surface area contributed by atoms with Gasteiger partial charge in [0.2, 0.25) is 18.1 Å². The van der Waals surface area contributed by atoms with E-state index in [0.717, 1.165) is 41.0 Å². The maximum atomic E-state index is 14.6. The summed E-state index contributed by atoms with van der Waals surface area (Å²) in [5.74, 6) is -4.83. The second kappa shape index (κ2) is 29.2. The van der Waals surface area contributed by atoms with Crippen molar-refractivity contribution >= 4 is 121 Å².